The molecule has 3 aliphatic heterocycles. The lowest BCUT2D eigenvalue weighted by Gasteiger charge is -2.39. The lowest BCUT2D eigenvalue weighted by molar-refractivity contribution is -0.181. The van der Waals surface area contributed by atoms with Crippen molar-refractivity contribution in [3.63, 3.8) is 0 Å². The number of pyridine rings is 1. The molecular formula is C30H30Cl2N4O4. The molecule has 2 fully saturated rings. The lowest BCUT2D eigenvalue weighted by atomic mass is 9.79. The van der Waals surface area contributed by atoms with E-state index in [0.717, 1.165) is 30.6 Å². The van der Waals surface area contributed by atoms with Crippen molar-refractivity contribution >= 4 is 34.9 Å². The summed E-state index contributed by atoms with van der Waals surface area (Å²) in [4.78, 5) is 39.9. The predicted molar refractivity (Wildman–Crippen MR) is 151 cm³/mol. The number of amides is 1. The van der Waals surface area contributed by atoms with Crippen LogP contribution >= 0.6 is 23.2 Å². The number of nitrogens with one attached hydrogen (secondary N) is 1. The minimum Gasteiger partial charge on any atom is -0.385 e. The molecule has 0 aliphatic carbocycles. The van der Waals surface area contributed by atoms with E-state index < -0.39 is 24.0 Å². The largest absolute Gasteiger partial charge is 0.385 e. The van der Waals surface area contributed by atoms with Gasteiger partial charge in [-0.3, -0.25) is 24.3 Å². The van der Waals surface area contributed by atoms with Gasteiger partial charge in [-0.25, -0.2) is 5.06 Å². The van der Waals surface area contributed by atoms with Gasteiger partial charge in [-0.05, 0) is 54.9 Å². The van der Waals surface area contributed by atoms with Crippen LogP contribution in [0.2, 0.25) is 10.0 Å². The molecule has 3 aliphatic rings. The first-order valence-corrected chi connectivity index (χ1v) is 14.1. The Morgan fingerprint density at radius 2 is 1.90 bits per heavy atom. The van der Waals surface area contributed by atoms with Gasteiger partial charge in [0.25, 0.3) is 5.91 Å². The second-order valence-corrected chi connectivity index (χ2v) is 11.9. The van der Waals surface area contributed by atoms with Crippen molar-refractivity contribution in [2.24, 2.45) is 0 Å². The number of aliphatic hydroxyl groups is 1. The Labute approximate surface area is 242 Å². The monoisotopic (exact) mass is 580 g/mol. The average Bonchev–Trinajstić information content (AvgIpc) is 3.57. The average molecular weight is 582 g/mol. The number of carbonyl (C=O) groups is 2. The summed E-state index contributed by atoms with van der Waals surface area (Å²) in [6.45, 7) is 1.16. The number of ketones is 1. The van der Waals surface area contributed by atoms with E-state index in [0.29, 0.717) is 33.8 Å². The van der Waals surface area contributed by atoms with Crippen LogP contribution in [0.1, 0.15) is 40.0 Å². The Hall–Kier alpha value is -2.85. The number of hydroxylamine groups is 2. The number of piperazine rings is 1. The zero-order valence-electron chi connectivity index (χ0n) is 22.0. The number of likely N-dealkylation sites (tertiary alicyclic amines) is 1. The Kier molecular flexibility index (Phi) is 7.19. The molecule has 1 aromatic heterocycles. The highest BCUT2D eigenvalue weighted by Crippen LogP contribution is 2.47. The van der Waals surface area contributed by atoms with Crippen LogP contribution in [0.5, 0.6) is 0 Å². The molecule has 0 radical (unpaired) electrons. The Morgan fingerprint density at radius 3 is 2.58 bits per heavy atom. The van der Waals surface area contributed by atoms with Crippen LogP contribution in [0.4, 0.5) is 0 Å². The minimum absolute atomic E-state index is 0.256. The predicted octanol–water partition coefficient (Wildman–Crippen LogP) is 3.63. The summed E-state index contributed by atoms with van der Waals surface area (Å²) in [5.74, 6) is -0.852. The quantitative estimate of drug-likeness (QED) is 0.399. The lowest BCUT2D eigenvalue weighted by Crippen LogP contribution is -2.53. The van der Waals surface area contributed by atoms with E-state index in [1.54, 1.807) is 42.6 Å². The molecule has 8 nitrogen and oxygen atoms in total. The number of nitrogens with zero attached hydrogens (tertiary/aromatic N) is 3. The van der Waals surface area contributed by atoms with Crippen LogP contribution in [0.15, 0.2) is 66.9 Å². The van der Waals surface area contributed by atoms with E-state index in [-0.39, 0.29) is 17.9 Å². The fourth-order valence-electron chi connectivity index (χ4n) is 6.52. The van der Waals surface area contributed by atoms with Gasteiger partial charge in [0.2, 0.25) is 0 Å². The highest BCUT2D eigenvalue weighted by molar-refractivity contribution is 6.30. The fourth-order valence-corrected chi connectivity index (χ4v) is 6.76. The van der Waals surface area contributed by atoms with Gasteiger partial charge in [0.05, 0.1) is 5.02 Å². The molecule has 2 N–H and O–H groups in total. The first-order chi connectivity index (χ1) is 19.2. The highest BCUT2D eigenvalue weighted by Gasteiger charge is 2.53. The molecular weight excluding hydrogens is 551 g/mol. The van der Waals surface area contributed by atoms with Gasteiger partial charge in [-0.15, -0.1) is 0 Å². The summed E-state index contributed by atoms with van der Waals surface area (Å²) in [5, 5.41) is 16.7. The number of rotatable bonds is 9. The van der Waals surface area contributed by atoms with E-state index in [2.05, 4.69) is 15.2 Å². The first kappa shape index (κ1) is 27.3. The van der Waals surface area contributed by atoms with Gasteiger partial charge in [0, 0.05) is 60.0 Å². The van der Waals surface area contributed by atoms with Gasteiger partial charge in [-0.2, -0.15) is 0 Å². The van der Waals surface area contributed by atoms with Gasteiger partial charge >= 0.3 is 0 Å². The third-order valence-electron chi connectivity index (χ3n) is 8.61. The van der Waals surface area contributed by atoms with Crippen LogP contribution in [0.3, 0.4) is 0 Å². The summed E-state index contributed by atoms with van der Waals surface area (Å²) in [7, 11) is 2.03. The van der Waals surface area contributed by atoms with E-state index in [4.69, 9.17) is 28.0 Å². The molecule has 4 atom stereocenters. The van der Waals surface area contributed by atoms with Gasteiger partial charge < -0.3 is 10.4 Å². The molecule has 3 aromatic rings. The first-order valence-electron chi connectivity index (χ1n) is 13.3. The number of fused-ring (bicyclic) bond motifs is 3. The maximum absolute atomic E-state index is 13.8. The molecule has 1 amide bonds. The highest BCUT2D eigenvalue weighted by atomic mass is 35.5. The SMILES string of the molecule is CN1C[C@@H]2C[C@]1(CC(O)C(=O)CON1C(=O)c3ccccc3[C@@]1(Cc1ccc(Cl)cn1)c1ccc(Cl)cc1)CN2. The standard InChI is InChI=1S/C30H30Cl2N4O4/c1-35-16-23-12-29(35,18-34-23)14-26(37)27(38)17-40-36-28(39)24-4-2-3-5-25(24)30(36,19-6-8-20(31)9-7-19)13-22-11-10-21(32)15-33-22/h2-11,15,23,26,34,37H,12-14,16-18H2,1H3/t23-,26?,29-,30+/m0/s1. The molecule has 10 heteroatoms. The van der Waals surface area contributed by atoms with E-state index in [1.807, 2.05) is 31.3 Å². The van der Waals surface area contributed by atoms with Gasteiger partial charge in [0.15, 0.2) is 5.78 Å². The van der Waals surface area contributed by atoms with E-state index in [9.17, 15) is 14.7 Å². The van der Waals surface area contributed by atoms with Crippen LogP contribution < -0.4 is 5.32 Å². The minimum atomic E-state index is -1.22. The second kappa shape index (κ2) is 10.5. The van der Waals surface area contributed by atoms with Crippen molar-refractivity contribution in [1.82, 2.24) is 20.3 Å². The van der Waals surface area contributed by atoms with Crippen molar-refractivity contribution in [3.8, 4) is 0 Å². The topological polar surface area (TPSA) is 95.0 Å². The Bertz CT molecular complexity index is 1440. The van der Waals surface area contributed by atoms with E-state index >= 15 is 0 Å². The van der Waals surface area contributed by atoms with Crippen LogP contribution in [0, 0.1) is 0 Å². The summed E-state index contributed by atoms with van der Waals surface area (Å²) >= 11 is 12.3. The molecule has 208 valence electrons. The number of benzene rings is 2. The Balaban J connectivity index is 1.33. The third kappa shape index (κ3) is 4.62. The number of aliphatic hydroxyl groups excluding tert-OH is 1. The second-order valence-electron chi connectivity index (χ2n) is 11.0. The van der Waals surface area contributed by atoms with Crippen molar-refractivity contribution < 1.29 is 19.5 Å². The number of hydrogen-bond donors (Lipinski definition) is 2. The number of halogens is 2. The molecule has 2 saturated heterocycles. The van der Waals surface area contributed by atoms with Gasteiger partial charge in [0.1, 0.15) is 18.2 Å². The number of Topliss-reactive ketones (excluding diaryl/α,β-unsaturated/α-hetero) is 1. The van der Waals surface area contributed by atoms with Crippen LogP contribution in [-0.4, -0.2) is 76.2 Å². The zero-order valence-corrected chi connectivity index (χ0v) is 23.5. The molecule has 1 unspecified atom stereocenters. The smallest absolute Gasteiger partial charge is 0.279 e. The number of aromatic nitrogens is 1. The van der Waals surface area contributed by atoms with Crippen molar-refractivity contribution in [2.45, 2.75) is 42.5 Å². The van der Waals surface area contributed by atoms with Crippen molar-refractivity contribution in [1.29, 1.82) is 0 Å². The third-order valence-corrected chi connectivity index (χ3v) is 9.09. The van der Waals surface area contributed by atoms with E-state index in [1.165, 1.54) is 5.06 Å². The molecule has 0 saturated carbocycles. The molecule has 2 aromatic carbocycles. The molecule has 0 spiro atoms. The van der Waals surface area contributed by atoms with Crippen LogP contribution in [0.25, 0.3) is 0 Å². The molecule has 6 rings (SSSR count). The van der Waals surface area contributed by atoms with Crippen molar-refractivity contribution in [2.75, 3.05) is 26.7 Å². The molecule has 2 bridgehead atoms. The number of carbonyl (C=O) groups excluding carboxylic acids is 2. The maximum Gasteiger partial charge on any atom is 0.279 e. The number of hydrogen-bond acceptors (Lipinski definition) is 7. The number of likely N-dealkylation sites (N-methyl/N-ethyl adjacent to an activating group) is 1. The molecule has 4 heterocycles. The Morgan fingerprint density at radius 1 is 1.15 bits per heavy atom. The normalized spacial score (nSPS) is 26.4. The zero-order chi connectivity index (χ0) is 28.1. The fraction of sp³-hybridized carbons (Fsp3) is 0.367. The van der Waals surface area contributed by atoms with Crippen molar-refractivity contribution in [3.05, 3.63) is 99.3 Å². The summed E-state index contributed by atoms with van der Waals surface area (Å²) in [6, 6.07) is 18.4. The van der Waals surface area contributed by atoms with Gasteiger partial charge in [-0.1, -0.05) is 53.5 Å². The summed E-state index contributed by atoms with van der Waals surface area (Å²) < 4.78 is 0. The summed E-state index contributed by atoms with van der Waals surface area (Å²) in [6.07, 6.45) is 1.79. The molecule has 40 heavy (non-hydrogen) atoms. The van der Waals surface area contributed by atoms with Crippen LogP contribution in [-0.2, 0) is 21.6 Å². The summed E-state index contributed by atoms with van der Waals surface area (Å²) in [5.41, 5.74) is 1.21. The maximum atomic E-state index is 13.8.